The van der Waals surface area contributed by atoms with Crippen molar-refractivity contribution in [2.45, 2.75) is 45.1 Å². The molecule has 2 N–H and O–H groups in total. The Balaban J connectivity index is 1.85. The van der Waals surface area contributed by atoms with Crippen LogP contribution >= 0.6 is 15.9 Å². The van der Waals surface area contributed by atoms with Crippen molar-refractivity contribution in [1.82, 2.24) is 5.32 Å². The Hall–Kier alpha value is -1.03. The van der Waals surface area contributed by atoms with Crippen LogP contribution in [0.3, 0.4) is 0 Å². The molecule has 0 unspecified atom stereocenters. The molecule has 1 amide bonds. The number of amides is 1. The van der Waals surface area contributed by atoms with Gasteiger partial charge in [0.1, 0.15) is 0 Å². The first kappa shape index (κ1) is 14.4. The molecule has 0 saturated heterocycles. The number of rotatable bonds is 5. The molecule has 0 heterocycles. The number of benzene rings is 1. The highest BCUT2D eigenvalue weighted by atomic mass is 79.9. The molecule has 1 aromatic rings. The van der Waals surface area contributed by atoms with Gasteiger partial charge in [0, 0.05) is 16.2 Å². The van der Waals surface area contributed by atoms with Crippen LogP contribution in [0.5, 0.6) is 0 Å². The van der Waals surface area contributed by atoms with E-state index < -0.39 is 0 Å². The second kappa shape index (κ2) is 6.94. The van der Waals surface area contributed by atoms with Crippen LogP contribution in [0, 0.1) is 0 Å². The molecular formula is C15H21BrN2O. The molecule has 1 aromatic carbocycles. The van der Waals surface area contributed by atoms with Crippen LogP contribution in [0.1, 0.15) is 38.2 Å². The summed E-state index contributed by atoms with van der Waals surface area (Å²) in [4.78, 5) is 11.9. The zero-order chi connectivity index (χ0) is 13.7. The highest BCUT2D eigenvalue weighted by Gasteiger charge is 2.16. The zero-order valence-electron chi connectivity index (χ0n) is 11.3. The summed E-state index contributed by atoms with van der Waals surface area (Å²) < 4.78 is 1.07. The third kappa shape index (κ3) is 4.23. The number of carbonyl (C=O) groups is 1. The fourth-order valence-electron chi connectivity index (χ4n) is 2.55. The summed E-state index contributed by atoms with van der Waals surface area (Å²) in [6, 6.07) is 6.50. The Kier molecular flexibility index (Phi) is 5.25. The van der Waals surface area contributed by atoms with Crippen LogP contribution in [0.2, 0.25) is 0 Å². The molecule has 0 aromatic heterocycles. The third-order valence-corrected chi connectivity index (χ3v) is 4.10. The fraction of sp³-hybridized carbons (Fsp3) is 0.533. The van der Waals surface area contributed by atoms with Gasteiger partial charge in [0.25, 0.3) is 0 Å². The quantitative estimate of drug-likeness (QED) is 0.870. The summed E-state index contributed by atoms with van der Waals surface area (Å²) in [7, 11) is 0. The van der Waals surface area contributed by atoms with Crippen LogP contribution in [0.25, 0.3) is 0 Å². The Labute approximate surface area is 123 Å². The largest absolute Gasteiger partial charge is 0.376 e. The van der Waals surface area contributed by atoms with Crippen molar-refractivity contribution in [3.63, 3.8) is 0 Å². The Morgan fingerprint density at radius 1 is 1.37 bits per heavy atom. The Morgan fingerprint density at radius 3 is 2.79 bits per heavy atom. The van der Waals surface area contributed by atoms with Crippen LogP contribution in [-0.4, -0.2) is 18.5 Å². The average Bonchev–Trinajstić information content (AvgIpc) is 2.90. The van der Waals surface area contributed by atoms with Crippen molar-refractivity contribution >= 4 is 27.5 Å². The topological polar surface area (TPSA) is 41.1 Å². The van der Waals surface area contributed by atoms with E-state index in [0.717, 1.165) is 29.4 Å². The lowest BCUT2D eigenvalue weighted by molar-refractivity contribution is -0.120. The highest BCUT2D eigenvalue weighted by molar-refractivity contribution is 9.10. The number of halogens is 1. The SMILES string of the molecule is CCc1cc(Br)ccc1NCC(=O)NC1CCCC1. The molecule has 0 atom stereocenters. The van der Waals surface area contributed by atoms with E-state index in [2.05, 4.69) is 39.6 Å². The van der Waals surface area contributed by atoms with Crippen molar-refractivity contribution in [2.75, 3.05) is 11.9 Å². The predicted octanol–water partition coefficient (Wildman–Crippen LogP) is 3.48. The number of aryl methyl sites for hydroxylation is 1. The Bertz CT molecular complexity index is 442. The smallest absolute Gasteiger partial charge is 0.239 e. The van der Waals surface area contributed by atoms with Crippen LogP contribution in [0.4, 0.5) is 5.69 Å². The second-order valence-corrected chi connectivity index (χ2v) is 5.97. The lowest BCUT2D eigenvalue weighted by atomic mass is 10.1. The zero-order valence-corrected chi connectivity index (χ0v) is 12.9. The molecule has 2 rings (SSSR count). The number of carbonyl (C=O) groups excluding carboxylic acids is 1. The number of hydrogen-bond donors (Lipinski definition) is 2. The average molecular weight is 325 g/mol. The molecule has 1 saturated carbocycles. The molecule has 0 bridgehead atoms. The van der Waals surface area contributed by atoms with Gasteiger partial charge in [-0.3, -0.25) is 4.79 Å². The number of anilines is 1. The Morgan fingerprint density at radius 2 is 2.11 bits per heavy atom. The molecule has 4 heteroatoms. The van der Waals surface area contributed by atoms with Gasteiger partial charge in [-0.2, -0.15) is 0 Å². The van der Waals surface area contributed by atoms with Crippen LogP contribution in [0.15, 0.2) is 22.7 Å². The minimum Gasteiger partial charge on any atom is -0.376 e. The summed E-state index contributed by atoms with van der Waals surface area (Å²) in [6.45, 7) is 2.47. The molecule has 3 nitrogen and oxygen atoms in total. The maximum Gasteiger partial charge on any atom is 0.239 e. The molecule has 19 heavy (non-hydrogen) atoms. The van der Waals surface area contributed by atoms with Crippen molar-refractivity contribution in [3.8, 4) is 0 Å². The predicted molar refractivity (Wildman–Crippen MR) is 82.4 cm³/mol. The van der Waals surface area contributed by atoms with E-state index in [-0.39, 0.29) is 5.91 Å². The van der Waals surface area contributed by atoms with Crippen LogP contribution < -0.4 is 10.6 Å². The number of nitrogens with one attached hydrogen (secondary N) is 2. The van der Waals surface area contributed by atoms with Gasteiger partial charge < -0.3 is 10.6 Å². The van der Waals surface area contributed by atoms with Crippen molar-refractivity contribution in [1.29, 1.82) is 0 Å². The first-order valence-corrected chi connectivity index (χ1v) is 7.80. The van der Waals surface area contributed by atoms with Gasteiger partial charge in [-0.1, -0.05) is 35.7 Å². The molecule has 0 aliphatic heterocycles. The van der Waals surface area contributed by atoms with Gasteiger partial charge in [-0.15, -0.1) is 0 Å². The van der Waals surface area contributed by atoms with Crippen molar-refractivity contribution < 1.29 is 4.79 Å². The summed E-state index contributed by atoms with van der Waals surface area (Å²) in [5, 5.41) is 6.32. The second-order valence-electron chi connectivity index (χ2n) is 5.06. The fourth-order valence-corrected chi connectivity index (χ4v) is 2.96. The lowest BCUT2D eigenvalue weighted by Crippen LogP contribution is -2.36. The minimum absolute atomic E-state index is 0.0943. The lowest BCUT2D eigenvalue weighted by Gasteiger charge is -2.14. The molecule has 0 spiro atoms. The van der Waals surface area contributed by atoms with Gasteiger partial charge in [-0.25, -0.2) is 0 Å². The van der Waals surface area contributed by atoms with E-state index in [1.54, 1.807) is 0 Å². The molecule has 104 valence electrons. The number of hydrogen-bond acceptors (Lipinski definition) is 2. The first-order chi connectivity index (χ1) is 9.19. The summed E-state index contributed by atoms with van der Waals surface area (Å²) in [5.41, 5.74) is 2.27. The maximum atomic E-state index is 11.9. The van der Waals surface area contributed by atoms with E-state index in [1.807, 2.05) is 12.1 Å². The molecule has 1 fully saturated rings. The van der Waals surface area contributed by atoms with E-state index in [9.17, 15) is 4.79 Å². The molecule has 1 aliphatic carbocycles. The normalized spacial score (nSPS) is 15.5. The molecule has 0 radical (unpaired) electrons. The maximum absolute atomic E-state index is 11.9. The summed E-state index contributed by atoms with van der Waals surface area (Å²) >= 11 is 3.47. The molecular weight excluding hydrogens is 304 g/mol. The summed E-state index contributed by atoms with van der Waals surface area (Å²) in [6.07, 6.45) is 5.69. The van der Waals surface area contributed by atoms with Crippen molar-refractivity contribution in [3.05, 3.63) is 28.2 Å². The third-order valence-electron chi connectivity index (χ3n) is 3.61. The van der Waals surface area contributed by atoms with Gasteiger partial charge in [0.2, 0.25) is 5.91 Å². The first-order valence-electron chi connectivity index (χ1n) is 7.00. The monoisotopic (exact) mass is 324 g/mol. The van der Waals surface area contributed by atoms with E-state index >= 15 is 0 Å². The van der Waals surface area contributed by atoms with Gasteiger partial charge in [0.05, 0.1) is 6.54 Å². The van der Waals surface area contributed by atoms with Gasteiger partial charge in [-0.05, 0) is 43.0 Å². The minimum atomic E-state index is 0.0943. The van der Waals surface area contributed by atoms with E-state index in [0.29, 0.717) is 12.6 Å². The summed E-state index contributed by atoms with van der Waals surface area (Å²) in [5.74, 6) is 0.0943. The van der Waals surface area contributed by atoms with E-state index in [1.165, 1.54) is 18.4 Å². The van der Waals surface area contributed by atoms with Gasteiger partial charge >= 0.3 is 0 Å². The standard InChI is InChI=1S/C15H21BrN2O/c1-2-11-9-12(16)7-8-14(11)17-10-15(19)18-13-5-3-4-6-13/h7-9,13,17H,2-6,10H2,1H3,(H,18,19). The molecule has 1 aliphatic rings. The van der Waals surface area contributed by atoms with Gasteiger partial charge in [0.15, 0.2) is 0 Å². The van der Waals surface area contributed by atoms with E-state index in [4.69, 9.17) is 0 Å². The van der Waals surface area contributed by atoms with Crippen molar-refractivity contribution in [2.24, 2.45) is 0 Å². The van der Waals surface area contributed by atoms with Crippen LogP contribution in [-0.2, 0) is 11.2 Å². The highest BCUT2D eigenvalue weighted by Crippen LogP contribution is 2.21.